The molecule has 0 radical (unpaired) electrons. The van der Waals surface area contributed by atoms with Crippen molar-refractivity contribution in [2.45, 2.75) is 64.1 Å². The molecule has 1 aliphatic carbocycles. The Morgan fingerprint density at radius 1 is 1.20 bits per heavy atom. The van der Waals surface area contributed by atoms with Gasteiger partial charge in [-0.05, 0) is 49.9 Å². The molecule has 0 amide bonds. The number of benzene rings is 1. The van der Waals surface area contributed by atoms with Gasteiger partial charge in [0.15, 0.2) is 0 Å². The molecule has 1 atom stereocenters. The van der Waals surface area contributed by atoms with Gasteiger partial charge in [-0.3, -0.25) is 0 Å². The lowest BCUT2D eigenvalue weighted by Crippen LogP contribution is -2.41. The van der Waals surface area contributed by atoms with Crippen LogP contribution >= 0.6 is 0 Å². The topological polar surface area (TPSA) is 44.5 Å². The monoisotopic (exact) mass is 275 g/mol. The third kappa shape index (κ3) is 2.64. The van der Waals surface area contributed by atoms with Crippen molar-refractivity contribution in [1.29, 1.82) is 0 Å². The molecule has 20 heavy (non-hydrogen) atoms. The fourth-order valence-corrected chi connectivity index (χ4v) is 3.57. The van der Waals surface area contributed by atoms with Crippen molar-refractivity contribution < 1.29 is 9.47 Å². The molecule has 2 aliphatic rings. The van der Waals surface area contributed by atoms with Gasteiger partial charge in [-0.1, -0.05) is 12.8 Å². The van der Waals surface area contributed by atoms with Crippen LogP contribution in [0.25, 0.3) is 0 Å². The van der Waals surface area contributed by atoms with Gasteiger partial charge < -0.3 is 15.2 Å². The van der Waals surface area contributed by atoms with Crippen molar-refractivity contribution in [3.8, 4) is 5.75 Å². The van der Waals surface area contributed by atoms with Gasteiger partial charge in [0.05, 0.1) is 12.2 Å². The third-order valence-electron chi connectivity index (χ3n) is 4.82. The summed E-state index contributed by atoms with van der Waals surface area (Å²) in [6, 6.07) is 4.08. The standard InChI is InChI=1S/C17H25NO2/c1-12-10-16(13(2)9-15(12)18)20-14-5-8-19-17(11-14)6-3-4-7-17/h9-10,14H,3-8,11,18H2,1-2H3. The van der Waals surface area contributed by atoms with Crippen molar-refractivity contribution >= 4 is 5.69 Å². The Hall–Kier alpha value is -1.22. The number of nitrogen functional groups attached to an aromatic ring is 1. The fourth-order valence-electron chi connectivity index (χ4n) is 3.57. The number of hydrogen-bond donors (Lipinski definition) is 1. The smallest absolute Gasteiger partial charge is 0.123 e. The molecule has 0 aromatic heterocycles. The summed E-state index contributed by atoms with van der Waals surface area (Å²) < 4.78 is 12.3. The van der Waals surface area contributed by atoms with E-state index in [-0.39, 0.29) is 11.7 Å². The van der Waals surface area contributed by atoms with Gasteiger partial charge in [-0.2, -0.15) is 0 Å². The maximum atomic E-state index is 6.27. The van der Waals surface area contributed by atoms with Crippen LogP contribution in [0.3, 0.4) is 0 Å². The number of aryl methyl sites for hydroxylation is 2. The largest absolute Gasteiger partial charge is 0.490 e. The first kappa shape index (κ1) is 13.7. The molecule has 1 unspecified atom stereocenters. The molecular weight excluding hydrogens is 250 g/mol. The second-order valence-electron chi connectivity index (χ2n) is 6.45. The van der Waals surface area contributed by atoms with Crippen LogP contribution in [0.1, 0.15) is 49.7 Å². The number of rotatable bonds is 2. The zero-order valence-corrected chi connectivity index (χ0v) is 12.6. The molecule has 2 N–H and O–H groups in total. The molecule has 3 rings (SSSR count). The van der Waals surface area contributed by atoms with Crippen molar-refractivity contribution in [3.63, 3.8) is 0 Å². The van der Waals surface area contributed by atoms with Crippen molar-refractivity contribution in [2.24, 2.45) is 0 Å². The van der Waals surface area contributed by atoms with Crippen LogP contribution in [0.2, 0.25) is 0 Å². The maximum Gasteiger partial charge on any atom is 0.123 e. The van der Waals surface area contributed by atoms with Gasteiger partial charge in [0.2, 0.25) is 0 Å². The van der Waals surface area contributed by atoms with Crippen LogP contribution < -0.4 is 10.5 Å². The molecule has 3 heteroatoms. The van der Waals surface area contributed by atoms with Gasteiger partial charge in [0.25, 0.3) is 0 Å². The van der Waals surface area contributed by atoms with Gasteiger partial charge >= 0.3 is 0 Å². The summed E-state index contributed by atoms with van der Waals surface area (Å²) in [5, 5.41) is 0. The summed E-state index contributed by atoms with van der Waals surface area (Å²) in [5.41, 5.74) is 9.11. The van der Waals surface area contributed by atoms with Crippen LogP contribution in [0, 0.1) is 13.8 Å². The quantitative estimate of drug-likeness (QED) is 0.836. The first-order valence-electron chi connectivity index (χ1n) is 7.75. The molecule has 1 aromatic carbocycles. The summed E-state index contributed by atoms with van der Waals surface area (Å²) in [7, 11) is 0. The van der Waals surface area contributed by atoms with Gasteiger partial charge in [0.1, 0.15) is 11.9 Å². The molecule has 3 nitrogen and oxygen atoms in total. The normalized spacial score (nSPS) is 25.0. The van der Waals surface area contributed by atoms with E-state index in [1.54, 1.807) is 0 Å². The van der Waals surface area contributed by atoms with Gasteiger partial charge in [0, 0.05) is 18.5 Å². The van der Waals surface area contributed by atoms with Gasteiger partial charge in [-0.15, -0.1) is 0 Å². The van der Waals surface area contributed by atoms with E-state index >= 15 is 0 Å². The highest BCUT2D eigenvalue weighted by molar-refractivity contribution is 5.53. The average molecular weight is 275 g/mol. The van der Waals surface area contributed by atoms with E-state index in [2.05, 4.69) is 13.0 Å². The lowest BCUT2D eigenvalue weighted by Gasteiger charge is -2.38. The predicted octanol–water partition coefficient (Wildman–Crippen LogP) is 3.76. The van der Waals surface area contributed by atoms with Crippen molar-refractivity contribution in [2.75, 3.05) is 12.3 Å². The summed E-state index contributed by atoms with van der Waals surface area (Å²) in [4.78, 5) is 0. The highest BCUT2D eigenvalue weighted by Gasteiger charge is 2.40. The molecule has 1 saturated heterocycles. The predicted molar refractivity (Wildman–Crippen MR) is 81.1 cm³/mol. The highest BCUT2D eigenvalue weighted by atomic mass is 16.5. The molecule has 1 aliphatic heterocycles. The Bertz CT molecular complexity index is 492. The first-order chi connectivity index (χ1) is 9.58. The fraction of sp³-hybridized carbons (Fsp3) is 0.647. The first-order valence-corrected chi connectivity index (χ1v) is 7.75. The van der Waals surface area contributed by atoms with E-state index in [0.29, 0.717) is 0 Å². The zero-order chi connectivity index (χ0) is 14.2. The van der Waals surface area contributed by atoms with Crippen molar-refractivity contribution in [1.82, 2.24) is 0 Å². The summed E-state index contributed by atoms with van der Waals surface area (Å²) in [6.07, 6.45) is 7.31. The van der Waals surface area contributed by atoms with Crippen LogP contribution in [-0.4, -0.2) is 18.3 Å². The molecule has 1 heterocycles. The molecular formula is C17H25NO2. The zero-order valence-electron chi connectivity index (χ0n) is 12.6. The van der Waals surface area contributed by atoms with E-state index in [4.69, 9.17) is 15.2 Å². The minimum absolute atomic E-state index is 0.111. The SMILES string of the molecule is Cc1cc(OC2CCOC3(CCCC3)C2)c(C)cc1N. The molecule has 1 saturated carbocycles. The Kier molecular flexibility index (Phi) is 3.63. The Morgan fingerprint density at radius 2 is 1.95 bits per heavy atom. The number of hydrogen-bond acceptors (Lipinski definition) is 3. The highest BCUT2D eigenvalue weighted by Crippen LogP contribution is 2.41. The Labute approximate surface area is 121 Å². The van der Waals surface area contributed by atoms with Crippen molar-refractivity contribution in [3.05, 3.63) is 23.3 Å². The molecule has 1 spiro atoms. The summed E-state index contributed by atoms with van der Waals surface area (Å²) >= 11 is 0. The van der Waals surface area contributed by atoms with E-state index in [1.165, 1.54) is 25.7 Å². The molecule has 0 bridgehead atoms. The van der Waals surface area contributed by atoms with Crippen LogP contribution in [0.15, 0.2) is 12.1 Å². The lowest BCUT2D eigenvalue weighted by atomic mass is 9.90. The van der Waals surface area contributed by atoms with E-state index in [0.717, 1.165) is 42.0 Å². The average Bonchev–Trinajstić information content (AvgIpc) is 2.84. The maximum absolute atomic E-state index is 6.27. The second-order valence-corrected chi connectivity index (χ2v) is 6.45. The summed E-state index contributed by atoms with van der Waals surface area (Å²) in [5.74, 6) is 0.983. The van der Waals surface area contributed by atoms with E-state index in [9.17, 15) is 0 Å². The number of anilines is 1. The van der Waals surface area contributed by atoms with Crippen LogP contribution in [-0.2, 0) is 4.74 Å². The van der Waals surface area contributed by atoms with E-state index < -0.39 is 0 Å². The minimum Gasteiger partial charge on any atom is -0.490 e. The third-order valence-corrected chi connectivity index (χ3v) is 4.82. The lowest BCUT2D eigenvalue weighted by molar-refractivity contribution is -0.108. The van der Waals surface area contributed by atoms with Crippen LogP contribution in [0.4, 0.5) is 5.69 Å². The van der Waals surface area contributed by atoms with Gasteiger partial charge in [-0.25, -0.2) is 0 Å². The second kappa shape index (κ2) is 5.28. The molecule has 1 aromatic rings. The minimum atomic E-state index is 0.111. The van der Waals surface area contributed by atoms with Crippen LogP contribution in [0.5, 0.6) is 5.75 Å². The Balaban J connectivity index is 1.73. The van der Waals surface area contributed by atoms with E-state index in [1.807, 2.05) is 13.0 Å². The summed E-state index contributed by atoms with van der Waals surface area (Å²) in [6.45, 7) is 4.93. The molecule has 110 valence electrons. The Morgan fingerprint density at radius 3 is 2.70 bits per heavy atom. The molecule has 2 fully saturated rings. The number of nitrogens with two attached hydrogens (primary N) is 1. The number of ether oxygens (including phenoxy) is 2.